The molecule has 0 saturated carbocycles. The number of carboxylic acids is 1. The van der Waals surface area contributed by atoms with Crippen LogP contribution in [0.3, 0.4) is 0 Å². The van der Waals surface area contributed by atoms with Crippen molar-refractivity contribution in [3.05, 3.63) is 0 Å². The molecule has 21 heavy (non-hydrogen) atoms. The van der Waals surface area contributed by atoms with Crippen molar-refractivity contribution in [2.75, 3.05) is 0 Å². The molecule has 0 aliphatic rings. The van der Waals surface area contributed by atoms with Gasteiger partial charge >= 0.3 is 24.3 Å². The summed E-state index contributed by atoms with van der Waals surface area (Å²) in [7, 11) is 0. The third-order valence-electron chi connectivity index (χ3n) is 2.20. The van der Waals surface area contributed by atoms with Gasteiger partial charge in [-0.05, 0) is 20.8 Å². The number of esters is 1. The Morgan fingerprint density at radius 2 is 1.33 bits per heavy atom. The summed E-state index contributed by atoms with van der Waals surface area (Å²) >= 11 is 0. The standard InChI is InChI=1S/C10H13F6NO4/c1-7(2,3)21-6(20)8(17,5(18)19)4(9(11,12)13)10(14,15)16/h4H,17H2,1-3H3,(H,18,19). The maximum absolute atomic E-state index is 12.6. The molecular weight excluding hydrogens is 312 g/mol. The van der Waals surface area contributed by atoms with Crippen LogP contribution in [-0.4, -0.2) is 40.5 Å². The van der Waals surface area contributed by atoms with E-state index >= 15 is 0 Å². The molecule has 0 heterocycles. The van der Waals surface area contributed by atoms with Crippen LogP contribution in [0.1, 0.15) is 20.8 Å². The van der Waals surface area contributed by atoms with E-state index in [0.29, 0.717) is 0 Å². The lowest BCUT2D eigenvalue weighted by Crippen LogP contribution is -2.68. The van der Waals surface area contributed by atoms with Gasteiger partial charge in [-0.3, -0.25) is 0 Å². The van der Waals surface area contributed by atoms with E-state index in [9.17, 15) is 35.9 Å². The highest BCUT2D eigenvalue weighted by Crippen LogP contribution is 2.45. The Balaban J connectivity index is 6.06. The maximum atomic E-state index is 12.6. The van der Waals surface area contributed by atoms with Crippen LogP contribution in [0.4, 0.5) is 26.3 Å². The van der Waals surface area contributed by atoms with Crippen LogP contribution in [0.25, 0.3) is 0 Å². The Bertz CT molecular complexity index is 411. The van der Waals surface area contributed by atoms with Gasteiger partial charge in [0.05, 0.1) is 0 Å². The van der Waals surface area contributed by atoms with Gasteiger partial charge in [0.1, 0.15) is 5.60 Å². The largest absolute Gasteiger partial charge is 0.479 e. The SMILES string of the molecule is CC(C)(C)OC(=O)C(N)(C(=O)O)C(C(F)(F)F)C(F)(F)F. The second-order valence-electron chi connectivity index (χ2n) is 5.19. The molecule has 0 amide bonds. The molecule has 1 atom stereocenters. The molecule has 5 nitrogen and oxygen atoms in total. The van der Waals surface area contributed by atoms with Gasteiger partial charge in [-0.2, -0.15) is 26.3 Å². The van der Waals surface area contributed by atoms with Crippen LogP contribution in [0.5, 0.6) is 0 Å². The minimum absolute atomic E-state index is 1.13. The minimum Gasteiger partial charge on any atom is -0.479 e. The lowest BCUT2D eigenvalue weighted by molar-refractivity contribution is -0.301. The quantitative estimate of drug-likeness (QED) is 0.469. The van der Waals surface area contributed by atoms with Gasteiger partial charge in [0, 0.05) is 0 Å². The van der Waals surface area contributed by atoms with E-state index in [1.807, 2.05) is 0 Å². The minimum atomic E-state index is -6.11. The fraction of sp³-hybridized carbons (Fsp3) is 0.800. The first-order valence-electron chi connectivity index (χ1n) is 5.33. The number of nitrogens with two attached hydrogens (primary N) is 1. The Labute approximate surface area is 115 Å². The Hall–Kier alpha value is -1.52. The number of halogens is 6. The smallest absolute Gasteiger partial charge is 0.403 e. The highest BCUT2D eigenvalue weighted by molar-refractivity contribution is 6.04. The summed E-state index contributed by atoms with van der Waals surface area (Å²) in [6, 6.07) is 0. The van der Waals surface area contributed by atoms with E-state index in [2.05, 4.69) is 4.74 Å². The highest BCUT2D eigenvalue weighted by Gasteiger charge is 2.72. The first-order chi connectivity index (χ1) is 8.94. The molecule has 0 bridgehead atoms. The number of carbonyl (C=O) groups excluding carboxylic acids is 1. The van der Waals surface area contributed by atoms with Gasteiger partial charge < -0.3 is 15.6 Å². The van der Waals surface area contributed by atoms with Gasteiger partial charge in [-0.15, -0.1) is 0 Å². The second-order valence-corrected chi connectivity index (χ2v) is 5.19. The normalized spacial score (nSPS) is 16.5. The van der Waals surface area contributed by atoms with Crippen LogP contribution >= 0.6 is 0 Å². The summed E-state index contributed by atoms with van der Waals surface area (Å²) in [6.45, 7) is 3.38. The van der Waals surface area contributed by atoms with Crippen molar-refractivity contribution in [1.29, 1.82) is 0 Å². The first-order valence-corrected chi connectivity index (χ1v) is 5.33. The van der Waals surface area contributed by atoms with Crippen molar-refractivity contribution >= 4 is 11.9 Å². The van der Waals surface area contributed by atoms with E-state index in [4.69, 9.17) is 10.8 Å². The molecule has 3 N–H and O–H groups in total. The number of carbonyl (C=O) groups is 2. The molecule has 0 aromatic heterocycles. The number of hydrogen-bond acceptors (Lipinski definition) is 4. The van der Waals surface area contributed by atoms with Gasteiger partial charge in [-0.1, -0.05) is 0 Å². The van der Waals surface area contributed by atoms with Crippen molar-refractivity contribution < 1.29 is 45.8 Å². The molecule has 0 rings (SSSR count). The molecule has 0 fully saturated rings. The van der Waals surface area contributed by atoms with E-state index in [-0.39, 0.29) is 0 Å². The molecule has 0 aromatic carbocycles. The topological polar surface area (TPSA) is 89.6 Å². The molecule has 124 valence electrons. The average Bonchev–Trinajstić information content (AvgIpc) is 2.08. The van der Waals surface area contributed by atoms with Gasteiger partial charge in [0.2, 0.25) is 5.54 Å². The second kappa shape index (κ2) is 5.35. The summed E-state index contributed by atoms with van der Waals surface area (Å²) in [5.74, 6) is -9.73. The molecule has 0 radical (unpaired) electrons. The highest BCUT2D eigenvalue weighted by atomic mass is 19.4. The fourth-order valence-electron chi connectivity index (χ4n) is 1.39. The molecular formula is C10H13F6NO4. The van der Waals surface area contributed by atoms with Crippen LogP contribution in [0.2, 0.25) is 0 Å². The predicted octanol–water partition coefficient (Wildman–Crippen LogP) is 1.85. The number of ether oxygens (including phenoxy) is 1. The van der Waals surface area contributed by atoms with Crippen LogP contribution < -0.4 is 5.73 Å². The number of rotatable bonds is 3. The van der Waals surface area contributed by atoms with E-state index in [0.717, 1.165) is 20.8 Å². The van der Waals surface area contributed by atoms with Crippen molar-refractivity contribution in [1.82, 2.24) is 0 Å². The number of hydrogen-bond donors (Lipinski definition) is 2. The van der Waals surface area contributed by atoms with Gasteiger partial charge in [0.15, 0.2) is 5.92 Å². The number of carboxylic acid groups (broad SMARTS) is 1. The third kappa shape index (κ3) is 4.48. The molecule has 1 unspecified atom stereocenters. The van der Waals surface area contributed by atoms with Crippen molar-refractivity contribution in [3.8, 4) is 0 Å². The molecule has 0 aliphatic carbocycles. The Morgan fingerprint density at radius 1 is 1.00 bits per heavy atom. The zero-order valence-corrected chi connectivity index (χ0v) is 11.1. The number of alkyl halides is 6. The van der Waals surface area contributed by atoms with E-state index < -0.39 is 41.3 Å². The Kier molecular flexibility index (Phi) is 4.97. The van der Waals surface area contributed by atoms with Crippen molar-refractivity contribution in [2.45, 2.75) is 44.3 Å². The summed E-state index contributed by atoms with van der Waals surface area (Å²) in [5.41, 5.74) is -1.18. The van der Waals surface area contributed by atoms with Crippen LogP contribution in [0.15, 0.2) is 0 Å². The fourth-order valence-corrected chi connectivity index (χ4v) is 1.39. The predicted molar refractivity (Wildman–Crippen MR) is 56.0 cm³/mol. The molecule has 0 aliphatic heterocycles. The monoisotopic (exact) mass is 325 g/mol. The van der Waals surface area contributed by atoms with Crippen molar-refractivity contribution in [2.24, 2.45) is 11.7 Å². The lowest BCUT2D eigenvalue weighted by atomic mass is 9.83. The molecule has 0 aromatic rings. The van der Waals surface area contributed by atoms with Crippen LogP contribution in [-0.2, 0) is 14.3 Å². The summed E-state index contributed by atoms with van der Waals surface area (Å²) < 4.78 is 79.9. The zero-order chi connectivity index (χ0) is 17.4. The summed E-state index contributed by atoms with van der Waals surface area (Å²) in [4.78, 5) is 22.4. The van der Waals surface area contributed by atoms with Gasteiger partial charge in [-0.25, -0.2) is 9.59 Å². The average molecular weight is 325 g/mol. The maximum Gasteiger partial charge on any atom is 0.403 e. The third-order valence-corrected chi connectivity index (χ3v) is 2.20. The molecule has 11 heteroatoms. The van der Waals surface area contributed by atoms with E-state index in [1.54, 1.807) is 0 Å². The first kappa shape index (κ1) is 19.5. The molecule has 0 saturated heterocycles. The lowest BCUT2D eigenvalue weighted by Gasteiger charge is -2.35. The summed E-state index contributed by atoms with van der Waals surface area (Å²) in [6.07, 6.45) is -12.2. The summed E-state index contributed by atoms with van der Waals surface area (Å²) in [5, 5.41) is 8.67. The van der Waals surface area contributed by atoms with Gasteiger partial charge in [0.25, 0.3) is 0 Å². The Morgan fingerprint density at radius 3 is 1.52 bits per heavy atom. The number of aliphatic carboxylic acids is 1. The van der Waals surface area contributed by atoms with E-state index in [1.165, 1.54) is 0 Å². The molecule has 0 spiro atoms. The van der Waals surface area contributed by atoms with Crippen LogP contribution in [0, 0.1) is 5.92 Å². The van der Waals surface area contributed by atoms with Crippen molar-refractivity contribution in [3.63, 3.8) is 0 Å². The zero-order valence-electron chi connectivity index (χ0n) is 11.1.